The van der Waals surface area contributed by atoms with Gasteiger partial charge in [0.2, 0.25) is 5.28 Å². The topological polar surface area (TPSA) is 159 Å². The van der Waals surface area contributed by atoms with Crippen LogP contribution in [0.4, 0.5) is 10.2 Å². The van der Waals surface area contributed by atoms with Crippen LogP contribution in [0.3, 0.4) is 0 Å². The van der Waals surface area contributed by atoms with Crippen molar-refractivity contribution >= 4 is 36.0 Å². The molecular formula is C20H23ClFN4O7P. The Bertz CT molecular complexity index is 1210. The highest BCUT2D eigenvalue weighted by molar-refractivity contribution is 7.51. The summed E-state index contributed by atoms with van der Waals surface area (Å²) in [4.78, 5) is 26.3. The zero-order chi connectivity index (χ0) is 24.6. The Hall–Kier alpha value is -2.15. The van der Waals surface area contributed by atoms with E-state index in [2.05, 4.69) is 15.3 Å². The van der Waals surface area contributed by atoms with Crippen molar-refractivity contribution in [2.45, 2.75) is 37.5 Å². The lowest BCUT2D eigenvalue weighted by Gasteiger charge is -2.19. The lowest BCUT2D eigenvalue weighted by atomic mass is 10.1. The molecule has 3 heterocycles. The SMILES string of the molecule is C[C@H](Nc1nc(Cl)nc2c1ccn2[C@@H]1O[C@H](COCP(=O)(O)O)[C@@H](O)[C@H]1O)c1ccc(F)cc1. The van der Waals surface area contributed by atoms with E-state index in [1.807, 2.05) is 6.92 Å². The summed E-state index contributed by atoms with van der Waals surface area (Å²) >= 11 is 6.14. The molecule has 2 aromatic heterocycles. The summed E-state index contributed by atoms with van der Waals surface area (Å²) < 4.78 is 36.3. The minimum atomic E-state index is -4.39. The van der Waals surface area contributed by atoms with E-state index in [0.29, 0.717) is 16.9 Å². The molecule has 4 rings (SSSR count). The number of rotatable bonds is 8. The molecule has 184 valence electrons. The normalized spacial score (nSPS) is 24.0. The highest BCUT2D eigenvalue weighted by atomic mass is 35.5. The second kappa shape index (κ2) is 9.84. The third kappa shape index (κ3) is 5.40. The Morgan fingerprint density at radius 3 is 2.62 bits per heavy atom. The largest absolute Gasteiger partial charge is 0.387 e. The molecule has 1 aliphatic rings. The van der Waals surface area contributed by atoms with Crippen molar-refractivity contribution in [2.24, 2.45) is 0 Å². The van der Waals surface area contributed by atoms with Crippen LogP contribution in [0.1, 0.15) is 24.8 Å². The molecular weight excluding hydrogens is 494 g/mol. The van der Waals surface area contributed by atoms with Crippen molar-refractivity contribution in [1.82, 2.24) is 14.5 Å². The fraction of sp³-hybridized carbons (Fsp3) is 0.400. The summed E-state index contributed by atoms with van der Waals surface area (Å²) in [6, 6.07) is 7.45. The molecule has 1 fully saturated rings. The monoisotopic (exact) mass is 516 g/mol. The number of fused-ring (bicyclic) bond motifs is 1. The first-order chi connectivity index (χ1) is 16.0. The maximum atomic E-state index is 13.2. The van der Waals surface area contributed by atoms with Crippen molar-refractivity contribution < 1.29 is 38.4 Å². The van der Waals surface area contributed by atoms with Crippen LogP contribution in [0.2, 0.25) is 5.28 Å². The van der Waals surface area contributed by atoms with Gasteiger partial charge in [-0.2, -0.15) is 4.98 Å². The fourth-order valence-electron chi connectivity index (χ4n) is 3.75. The molecule has 1 aliphatic heterocycles. The minimum Gasteiger partial charge on any atom is -0.387 e. The van der Waals surface area contributed by atoms with E-state index in [0.717, 1.165) is 5.56 Å². The van der Waals surface area contributed by atoms with Gasteiger partial charge >= 0.3 is 7.60 Å². The number of anilines is 1. The summed E-state index contributed by atoms with van der Waals surface area (Å²) in [6.45, 7) is 1.53. The smallest absolute Gasteiger partial charge is 0.350 e. The Morgan fingerprint density at radius 2 is 1.94 bits per heavy atom. The third-order valence-corrected chi connectivity index (χ3v) is 6.11. The predicted octanol–water partition coefficient (Wildman–Crippen LogP) is 2.17. The van der Waals surface area contributed by atoms with E-state index in [9.17, 15) is 19.2 Å². The van der Waals surface area contributed by atoms with Crippen LogP contribution in [0.15, 0.2) is 36.5 Å². The zero-order valence-electron chi connectivity index (χ0n) is 17.8. The molecule has 14 heteroatoms. The number of nitrogens with one attached hydrogen (secondary N) is 1. The highest BCUT2D eigenvalue weighted by Crippen LogP contribution is 2.37. The molecule has 34 heavy (non-hydrogen) atoms. The number of hydrogen-bond donors (Lipinski definition) is 5. The summed E-state index contributed by atoms with van der Waals surface area (Å²) in [6.07, 6.45) is -4.09. The van der Waals surface area contributed by atoms with Crippen LogP contribution in [-0.2, 0) is 14.0 Å². The van der Waals surface area contributed by atoms with Gasteiger partial charge in [0.1, 0.15) is 41.9 Å². The van der Waals surface area contributed by atoms with Crippen LogP contribution in [0, 0.1) is 5.82 Å². The summed E-state index contributed by atoms with van der Waals surface area (Å²) in [5, 5.41) is 24.6. The van der Waals surface area contributed by atoms with Crippen molar-refractivity contribution in [1.29, 1.82) is 0 Å². The van der Waals surface area contributed by atoms with Gasteiger partial charge in [-0.05, 0) is 42.3 Å². The van der Waals surface area contributed by atoms with Gasteiger partial charge in [0.05, 0.1) is 12.0 Å². The molecule has 0 aliphatic carbocycles. The Morgan fingerprint density at radius 1 is 1.24 bits per heavy atom. The molecule has 5 N–H and O–H groups in total. The van der Waals surface area contributed by atoms with E-state index in [4.69, 9.17) is 30.9 Å². The molecule has 3 aromatic rings. The maximum Gasteiger partial charge on any atom is 0.350 e. The summed E-state index contributed by atoms with van der Waals surface area (Å²) in [7, 11) is -4.39. The minimum absolute atomic E-state index is 0.0733. The number of ether oxygens (including phenoxy) is 2. The number of halogens is 2. The Balaban J connectivity index is 1.56. The molecule has 0 spiro atoms. The van der Waals surface area contributed by atoms with Crippen LogP contribution >= 0.6 is 19.2 Å². The quantitative estimate of drug-likeness (QED) is 0.222. The van der Waals surface area contributed by atoms with Crippen LogP contribution in [0.25, 0.3) is 11.0 Å². The Kier molecular flexibility index (Phi) is 7.22. The van der Waals surface area contributed by atoms with Crippen LogP contribution < -0.4 is 5.32 Å². The number of aliphatic hydroxyl groups is 2. The molecule has 0 saturated carbocycles. The summed E-state index contributed by atoms with van der Waals surface area (Å²) in [5.41, 5.74) is 1.14. The van der Waals surface area contributed by atoms with E-state index in [1.54, 1.807) is 24.4 Å². The standard InChI is InChI=1S/C20H23ClFN4O7P/c1-10(11-2-4-12(22)5-3-11)23-17-13-6-7-26(18(13)25-20(21)24-17)19-16(28)15(27)14(33-19)8-32-9-34(29,30)31/h2-7,10,14-16,19,27-28H,8-9H2,1H3,(H,23,24,25)(H2,29,30,31)/t10-,14+,15+,16+,19+/m0/s1. The van der Waals surface area contributed by atoms with Crippen molar-refractivity contribution in [2.75, 3.05) is 18.3 Å². The molecule has 1 aromatic carbocycles. The number of nitrogens with zero attached hydrogens (tertiary/aromatic N) is 3. The molecule has 0 amide bonds. The van der Waals surface area contributed by atoms with E-state index in [1.165, 1.54) is 16.7 Å². The first kappa shape index (κ1) is 25.0. The fourth-order valence-corrected chi connectivity index (χ4v) is 4.25. The van der Waals surface area contributed by atoms with Gasteiger partial charge in [0.15, 0.2) is 6.23 Å². The third-order valence-electron chi connectivity index (χ3n) is 5.42. The summed E-state index contributed by atoms with van der Waals surface area (Å²) in [5.74, 6) is 0.0587. The van der Waals surface area contributed by atoms with Crippen LogP contribution in [0.5, 0.6) is 0 Å². The van der Waals surface area contributed by atoms with E-state index >= 15 is 0 Å². The second-order valence-electron chi connectivity index (χ2n) is 7.93. The van der Waals surface area contributed by atoms with Gasteiger partial charge in [-0.15, -0.1) is 0 Å². The molecule has 1 saturated heterocycles. The lowest BCUT2D eigenvalue weighted by molar-refractivity contribution is -0.0610. The van der Waals surface area contributed by atoms with Gasteiger partial charge in [-0.1, -0.05) is 12.1 Å². The molecule has 0 bridgehead atoms. The van der Waals surface area contributed by atoms with Gasteiger partial charge in [0.25, 0.3) is 0 Å². The first-order valence-electron chi connectivity index (χ1n) is 10.2. The van der Waals surface area contributed by atoms with Gasteiger partial charge < -0.3 is 39.4 Å². The lowest BCUT2D eigenvalue weighted by Crippen LogP contribution is -2.33. The predicted molar refractivity (Wildman–Crippen MR) is 120 cm³/mol. The average Bonchev–Trinajstić information content (AvgIpc) is 3.29. The molecule has 11 nitrogen and oxygen atoms in total. The molecule has 0 radical (unpaired) electrons. The number of benzene rings is 1. The van der Waals surface area contributed by atoms with E-state index in [-0.39, 0.29) is 23.7 Å². The first-order valence-corrected chi connectivity index (χ1v) is 12.4. The molecule has 5 atom stereocenters. The highest BCUT2D eigenvalue weighted by Gasteiger charge is 2.44. The molecule has 0 unspecified atom stereocenters. The second-order valence-corrected chi connectivity index (χ2v) is 9.86. The zero-order valence-corrected chi connectivity index (χ0v) is 19.5. The number of hydrogen-bond acceptors (Lipinski definition) is 8. The van der Waals surface area contributed by atoms with Gasteiger partial charge in [0, 0.05) is 12.2 Å². The average molecular weight is 517 g/mol. The van der Waals surface area contributed by atoms with Crippen LogP contribution in [-0.4, -0.2) is 65.8 Å². The van der Waals surface area contributed by atoms with Gasteiger partial charge in [-0.3, -0.25) is 4.57 Å². The van der Waals surface area contributed by atoms with Crippen molar-refractivity contribution in [3.05, 3.63) is 53.2 Å². The number of aliphatic hydroxyl groups excluding tert-OH is 2. The number of aromatic nitrogens is 3. The van der Waals surface area contributed by atoms with Crippen molar-refractivity contribution in [3.8, 4) is 0 Å². The van der Waals surface area contributed by atoms with Crippen molar-refractivity contribution in [3.63, 3.8) is 0 Å². The van der Waals surface area contributed by atoms with Gasteiger partial charge in [-0.25, -0.2) is 9.37 Å². The maximum absolute atomic E-state index is 13.2. The Labute approximate surface area is 198 Å². The van der Waals surface area contributed by atoms with E-state index < -0.39 is 38.5 Å².